The Morgan fingerprint density at radius 3 is 2.30 bits per heavy atom. The number of halogens is 3. The fourth-order valence-corrected chi connectivity index (χ4v) is 2.47. The summed E-state index contributed by atoms with van der Waals surface area (Å²) in [5.41, 5.74) is 3.34. The second kappa shape index (κ2) is 6.35. The lowest BCUT2D eigenvalue weighted by atomic mass is 10.1. The minimum atomic E-state index is -0.465. The number of rotatable bonds is 4. The van der Waals surface area contributed by atoms with Gasteiger partial charge in [-0.15, -0.1) is 0 Å². The van der Waals surface area contributed by atoms with Crippen molar-refractivity contribution in [2.75, 3.05) is 0 Å². The molecule has 0 heterocycles. The Bertz CT molecular complexity index is 603. The lowest BCUT2D eigenvalue weighted by molar-refractivity contribution is 0.295. The van der Waals surface area contributed by atoms with Crippen molar-refractivity contribution in [2.45, 2.75) is 25.8 Å². The van der Waals surface area contributed by atoms with Crippen molar-refractivity contribution >= 4 is 15.9 Å². The number of benzene rings is 2. The lowest BCUT2D eigenvalue weighted by Crippen LogP contribution is -2.02. The summed E-state index contributed by atoms with van der Waals surface area (Å²) >= 11 is 3.41. The molecule has 106 valence electrons. The van der Waals surface area contributed by atoms with E-state index in [0.29, 0.717) is 0 Å². The summed E-state index contributed by atoms with van der Waals surface area (Å²) in [5.74, 6) is -0.203. The molecule has 0 aliphatic carbocycles. The van der Waals surface area contributed by atoms with E-state index < -0.39 is 11.6 Å². The highest BCUT2D eigenvalue weighted by atomic mass is 79.9. The highest BCUT2D eigenvalue weighted by molar-refractivity contribution is 9.08. The summed E-state index contributed by atoms with van der Waals surface area (Å²) in [4.78, 5) is 0. The third kappa shape index (κ3) is 3.37. The van der Waals surface area contributed by atoms with Gasteiger partial charge in [0.15, 0.2) is 0 Å². The maximum Gasteiger partial charge on any atom is 0.130 e. The Morgan fingerprint density at radius 2 is 1.70 bits per heavy atom. The zero-order chi connectivity index (χ0) is 14.7. The van der Waals surface area contributed by atoms with E-state index in [0.717, 1.165) is 46.0 Å². The standard InChI is InChI=1S/C16H15BrF2O/c1-10-5-12(8-17)6-11(2)16(10)20-9-13-7-14(18)3-4-15(13)19/h3-7H,8-9H2,1-2H3. The molecule has 0 amide bonds. The van der Waals surface area contributed by atoms with Crippen molar-refractivity contribution < 1.29 is 13.5 Å². The van der Waals surface area contributed by atoms with Crippen molar-refractivity contribution in [1.82, 2.24) is 0 Å². The molecule has 0 saturated heterocycles. The van der Waals surface area contributed by atoms with Crippen molar-refractivity contribution in [2.24, 2.45) is 0 Å². The van der Waals surface area contributed by atoms with Gasteiger partial charge in [0.2, 0.25) is 0 Å². The molecule has 0 saturated carbocycles. The monoisotopic (exact) mass is 340 g/mol. The topological polar surface area (TPSA) is 9.23 Å². The molecule has 1 nitrogen and oxygen atoms in total. The summed E-state index contributed by atoms with van der Waals surface area (Å²) in [6, 6.07) is 7.40. The zero-order valence-electron chi connectivity index (χ0n) is 11.3. The van der Waals surface area contributed by atoms with Crippen LogP contribution >= 0.6 is 15.9 Å². The molecule has 0 radical (unpaired) electrons. The van der Waals surface area contributed by atoms with Crippen molar-refractivity contribution in [3.63, 3.8) is 0 Å². The molecular weight excluding hydrogens is 326 g/mol. The van der Waals surface area contributed by atoms with Gasteiger partial charge >= 0.3 is 0 Å². The first-order valence-electron chi connectivity index (χ1n) is 6.24. The van der Waals surface area contributed by atoms with Crippen LogP contribution in [0.15, 0.2) is 30.3 Å². The maximum absolute atomic E-state index is 13.5. The minimum Gasteiger partial charge on any atom is -0.488 e. The first kappa shape index (κ1) is 15.0. The number of alkyl halides is 1. The number of aryl methyl sites for hydroxylation is 2. The molecule has 2 aromatic carbocycles. The Kier molecular flexibility index (Phi) is 4.76. The van der Waals surface area contributed by atoms with Crippen LogP contribution in [-0.2, 0) is 11.9 Å². The molecule has 2 rings (SSSR count). The van der Waals surface area contributed by atoms with Gasteiger partial charge in [0, 0.05) is 10.9 Å². The molecule has 0 atom stereocenters. The fraction of sp³-hybridized carbons (Fsp3) is 0.250. The van der Waals surface area contributed by atoms with Gasteiger partial charge in [-0.1, -0.05) is 28.1 Å². The SMILES string of the molecule is Cc1cc(CBr)cc(C)c1OCc1cc(F)ccc1F. The number of hydrogen-bond acceptors (Lipinski definition) is 1. The molecular formula is C16H15BrF2O. The van der Waals surface area contributed by atoms with E-state index >= 15 is 0 Å². The quantitative estimate of drug-likeness (QED) is 0.707. The van der Waals surface area contributed by atoms with E-state index in [1.807, 2.05) is 26.0 Å². The number of hydrogen-bond donors (Lipinski definition) is 0. The highest BCUT2D eigenvalue weighted by Gasteiger charge is 2.09. The normalized spacial score (nSPS) is 10.7. The van der Waals surface area contributed by atoms with E-state index in [2.05, 4.69) is 15.9 Å². The second-order valence-electron chi connectivity index (χ2n) is 4.72. The van der Waals surface area contributed by atoms with Crippen molar-refractivity contribution in [3.8, 4) is 5.75 Å². The molecule has 0 fully saturated rings. The third-order valence-electron chi connectivity index (χ3n) is 3.05. The minimum absolute atomic E-state index is 0.0128. The molecule has 0 aliphatic heterocycles. The Morgan fingerprint density at radius 1 is 1.05 bits per heavy atom. The highest BCUT2D eigenvalue weighted by Crippen LogP contribution is 2.27. The van der Waals surface area contributed by atoms with E-state index in [-0.39, 0.29) is 12.2 Å². The molecule has 0 N–H and O–H groups in total. The lowest BCUT2D eigenvalue weighted by Gasteiger charge is -2.14. The Hall–Kier alpha value is -1.42. The van der Waals surface area contributed by atoms with Crippen LogP contribution in [0.3, 0.4) is 0 Å². The van der Waals surface area contributed by atoms with Crippen LogP contribution in [0.2, 0.25) is 0 Å². The summed E-state index contributed by atoms with van der Waals surface area (Å²) in [7, 11) is 0. The van der Waals surface area contributed by atoms with Crippen LogP contribution < -0.4 is 4.74 Å². The Labute approximate surface area is 125 Å². The van der Waals surface area contributed by atoms with Crippen LogP contribution in [0.5, 0.6) is 5.75 Å². The van der Waals surface area contributed by atoms with E-state index in [4.69, 9.17) is 4.74 Å². The average molecular weight is 341 g/mol. The molecule has 20 heavy (non-hydrogen) atoms. The summed E-state index contributed by atoms with van der Waals surface area (Å²) < 4.78 is 32.3. The smallest absolute Gasteiger partial charge is 0.130 e. The van der Waals surface area contributed by atoms with Crippen LogP contribution in [0, 0.1) is 25.5 Å². The van der Waals surface area contributed by atoms with Crippen LogP contribution in [0.4, 0.5) is 8.78 Å². The zero-order valence-corrected chi connectivity index (χ0v) is 12.9. The van der Waals surface area contributed by atoms with Gasteiger partial charge in [-0.2, -0.15) is 0 Å². The molecule has 0 bridgehead atoms. The van der Waals surface area contributed by atoms with Crippen molar-refractivity contribution in [1.29, 1.82) is 0 Å². The molecule has 0 aromatic heterocycles. The largest absolute Gasteiger partial charge is 0.488 e. The summed E-state index contributed by atoms with van der Waals surface area (Å²) in [6.07, 6.45) is 0. The van der Waals surface area contributed by atoms with Gasteiger partial charge in [0.25, 0.3) is 0 Å². The van der Waals surface area contributed by atoms with Crippen LogP contribution in [0.1, 0.15) is 22.3 Å². The number of ether oxygens (including phenoxy) is 1. The van der Waals surface area contributed by atoms with Crippen LogP contribution in [-0.4, -0.2) is 0 Å². The molecule has 0 spiro atoms. The van der Waals surface area contributed by atoms with Crippen molar-refractivity contribution in [3.05, 3.63) is 64.2 Å². The predicted molar refractivity (Wildman–Crippen MR) is 79.2 cm³/mol. The van der Waals surface area contributed by atoms with Gasteiger partial charge in [-0.05, 0) is 48.7 Å². The fourth-order valence-electron chi connectivity index (χ4n) is 2.15. The molecule has 2 aromatic rings. The van der Waals surface area contributed by atoms with Gasteiger partial charge in [0.1, 0.15) is 24.0 Å². The molecule has 0 unspecified atom stereocenters. The average Bonchev–Trinajstić information content (AvgIpc) is 2.41. The van der Waals surface area contributed by atoms with Crippen LogP contribution in [0.25, 0.3) is 0 Å². The van der Waals surface area contributed by atoms with Gasteiger partial charge in [-0.25, -0.2) is 8.78 Å². The van der Waals surface area contributed by atoms with E-state index in [9.17, 15) is 8.78 Å². The van der Waals surface area contributed by atoms with E-state index in [1.54, 1.807) is 0 Å². The van der Waals surface area contributed by atoms with Gasteiger partial charge in [-0.3, -0.25) is 0 Å². The summed E-state index contributed by atoms with van der Waals surface area (Å²) in [5, 5.41) is 0.771. The first-order chi connectivity index (χ1) is 9.51. The predicted octanol–water partition coefficient (Wildman–Crippen LogP) is 5.06. The Balaban J connectivity index is 2.21. The second-order valence-corrected chi connectivity index (χ2v) is 5.28. The van der Waals surface area contributed by atoms with E-state index in [1.165, 1.54) is 0 Å². The maximum atomic E-state index is 13.5. The molecule has 4 heteroatoms. The summed E-state index contributed by atoms with van der Waals surface area (Å²) in [6.45, 7) is 3.89. The third-order valence-corrected chi connectivity index (χ3v) is 3.70. The molecule has 0 aliphatic rings. The van der Waals surface area contributed by atoms with Gasteiger partial charge < -0.3 is 4.74 Å². The first-order valence-corrected chi connectivity index (χ1v) is 7.36. The van der Waals surface area contributed by atoms with Gasteiger partial charge in [0.05, 0.1) is 0 Å².